The van der Waals surface area contributed by atoms with Crippen LogP contribution in [0.1, 0.15) is 0 Å². The number of thiophene rings is 1. The standard InChI is InChI=1S/C12H5Cl3FN3S/c13-7-3-5(4-8(14)9(7)16)17-10-6-1-2-20-11(6)19-12(15)18-10/h1-4H,(H,17,18,19). The fraction of sp³-hybridized carbons (Fsp3) is 0. The van der Waals surface area contributed by atoms with Crippen LogP contribution in [0.25, 0.3) is 10.2 Å². The molecular weight excluding hydrogens is 344 g/mol. The molecule has 2 aromatic heterocycles. The first-order chi connectivity index (χ1) is 9.54. The van der Waals surface area contributed by atoms with Crippen molar-refractivity contribution in [1.82, 2.24) is 9.97 Å². The lowest BCUT2D eigenvalue weighted by atomic mass is 10.3. The second kappa shape index (κ2) is 5.33. The summed E-state index contributed by atoms with van der Waals surface area (Å²) in [6, 6.07) is 4.72. The Bertz CT molecular complexity index is 783. The van der Waals surface area contributed by atoms with Crippen LogP contribution in [0.5, 0.6) is 0 Å². The van der Waals surface area contributed by atoms with E-state index in [1.807, 2.05) is 11.4 Å². The molecule has 1 aromatic carbocycles. The molecule has 0 atom stereocenters. The van der Waals surface area contributed by atoms with Crippen LogP contribution in [0, 0.1) is 5.82 Å². The highest BCUT2D eigenvalue weighted by atomic mass is 35.5. The third-order valence-corrected chi connectivity index (χ3v) is 4.07. The summed E-state index contributed by atoms with van der Waals surface area (Å²) in [6.07, 6.45) is 0. The quantitative estimate of drug-likeness (QED) is 0.488. The molecule has 8 heteroatoms. The van der Waals surface area contributed by atoms with Gasteiger partial charge in [0.2, 0.25) is 5.28 Å². The van der Waals surface area contributed by atoms with E-state index in [0.717, 1.165) is 10.2 Å². The number of hydrogen-bond acceptors (Lipinski definition) is 4. The topological polar surface area (TPSA) is 37.8 Å². The Kier molecular flexibility index (Phi) is 3.69. The summed E-state index contributed by atoms with van der Waals surface area (Å²) in [5.74, 6) is -0.139. The number of aromatic nitrogens is 2. The lowest BCUT2D eigenvalue weighted by Crippen LogP contribution is -1.96. The summed E-state index contributed by atoms with van der Waals surface area (Å²) in [4.78, 5) is 8.98. The minimum atomic E-state index is -0.653. The largest absolute Gasteiger partial charge is 0.339 e. The van der Waals surface area contributed by atoms with Gasteiger partial charge in [-0.15, -0.1) is 11.3 Å². The monoisotopic (exact) mass is 347 g/mol. The van der Waals surface area contributed by atoms with Gasteiger partial charge in [0, 0.05) is 5.69 Å². The molecule has 20 heavy (non-hydrogen) atoms. The SMILES string of the molecule is Fc1c(Cl)cc(Nc2nc(Cl)nc3sccc23)cc1Cl. The molecule has 0 aliphatic carbocycles. The molecule has 0 saturated carbocycles. The summed E-state index contributed by atoms with van der Waals surface area (Å²) in [7, 11) is 0. The number of nitrogens with one attached hydrogen (secondary N) is 1. The zero-order chi connectivity index (χ0) is 14.3. The zero-order valence-corrected chi connectivity index (χ0v) is 12.7. The van der Waals surface area contributed by atoms with Crippen molar-refractivity contribution in [3.8, 4) is 0 Å². The Balaban J connectivity index is 2.07. The second-order valence-corrected chi connectivity index (χ2v) is 5.91. The molecule has 3 rings (SSSR count). The molecule has 0 fully saturated rings. The lowest BCUT2D eigenvalue weighted by molar-refractivity contribution is 0.629. The molecule has 0 bridgehead atoms. The van der Waals surface area contributed by atoms with Crippen LogP contribution < -0.4 is 5.32 Å². The predicted octanol–water partition coefficient (Wildman–Crippen LogP) is 5.53. The molecule has 0 radical (unpaired) electrons. The van der Waals surface area contributed by atoms with Crippen molar-refractivity contribution in [2.24, 2.45) is 0 Å². The normalized spacial score (nSPS) is 11.0. The van der Waals surface area contributed by atoms with Gasteiger partial charge in [0.25, 0.3) is 0 Å². The van der Waals surface area contributed by atoms with Crippen LogP contribution in [-0.4, -0.2) is 9.97 Å². The van der Waals surface area contributed by atoms with Gasteiger partial charge in [0.15, 0.2) is 5.82 Å². The molecule has 1 N–H and O–H groups in total. The highest BCUT2D eigenvalue weighted by molar-refractivity contribution is 7.16. The van der Waals surface area contributed by atoms with Crippen molar-refractivity contribution in [3.63, 3.8) is 0 Å². The summed E-state index contributed by atoms with van der Waals surface area (Å²) in [5.41, 5.74) is 0.517. The van der Waals surface area contributed by atoms with Crippen LogP contribution in [0.15, 0.2) is 23.6 Å². The lowest BCUT2D eigenvalue weighted by Gasteiger charge is -2.08. The number of nitrogens with zero attached hydrogens (tertiary/aromatic N) is 2. The molecule has 3 nitrogen and oxygen atoms in total. The first kappa shape index (κ1) is 13.8. The molecule has 0 unspecified atom stereocenters. The average Bonchev–Trinajstić information content (AvgIpc) is 2.84. The zero-order valence-electron chi connectivity index (χ0n) is 9.62. The minimum absolute atomic E-state index is 0.0679. The third kappa shape index (κ3) is 2.54. The number of halogens is 4. The number of anilines is 2. The molecule has 3 aromatic rings. The summed E-state index contributed by atoms with van der Waals surface area (Å²) < 4.78 is 13.4. The van der Waals surface area contributed by atoms with Gasteiger partial charge in [0.1, 0.15) is 10.6 Å². The Hall–Kier alpha value is -1.14. The van der Waals surface area contributed by atoms with Crippen molar-refractivity contribution >= 4 is 67.9 Å². The van der Waals surface area contributed by atoms with Crippen LogP contribution in [-0.2, 0) is 0 Å². The van der Waals surface area contributed by atoms with Crippen molar-refractivity contribution in [3.05, 3.63) is 44.7 Å². The Morgan fingerprint density at radius 1 is 1.10 bits per heavy atom. The number of rotatable bonds is 2. The fourth-order valence-corrected chi connectivity index (χ4v) is 3.16. The van der Waals surface area contributed by atoms with Gasteiger partial charge in [-0.25, -0.2) is 9.37 Å². The Morgan fingerprint density at radius 3 is 2.50 bits per heavy atom. The van der Waals surface area contributed by atoms with E-state index in [-0.39, 0.29) is 15.3 Å². The molecule has 102 valence electrons. The molecule has 2 heterocycles. The maximum Gasteiger partial charge on any atom is 0.225 e. The second-order valence-electron chi connectivity index (χ2n) is 3.86. The fourth-order valence-electron chi connectivity index (χ4n) is 1.69. The van der Waals surface area contributed by atoms with Crippen LogP contribution in [0.4, 0.5) is 15.9 Å². The summed E-state index contributed by atoms with van der Waals surface area (Å²) >= 11 is 18.8. The van der Waals surface area contributed by atoms with Gasteiger partial charge in [-0.1, -0.05) is 23.2 Å². The molecular formula is C12H5Cl3FN3S. The van der Waals surface area contributed by atoms with Crippen molar-refractivity contribution in [2.45, 2.75) is 0 Å². The molecule has 0 saturated heterocycles. The van der Waals surface area contributed by atoms with E-state index in [9.17, 15) is 4.39 Å². The van der Waals surface area contributed by atoms with E-state index in [0.29, 0.717) is 11.5 Å². The first-order valence-electron chi connectivity index (χ1n) is 5.37. The third-order valence-electron chi connectivity index (χ3n) is 2.54. The number of hydrogen-bond donors (Lipinski definition) is 1. The Labute approximate surface area is 132 Å². The van der Waals surface area contributed by atoms with Gasteiger partial charge in [0.05, 0.1) is 15.4 Å². The van der Waals surface area contributed by atoms with Gasteiger partial charge in [-0.3, -0.25) is 0 Å². The van der Waals surface area contributed by atoms with E-state index in [2.05, 4.69) is 15.3 Å². The van der Waals surface area contributed by atoms with E-state index in [4.69, 9.17) is 34.8 Å². The van der Waals surface area contributed by atoms with E-state index in [1.54, 1.807) is 0 Å². The van der Waals surface area contributed by atoms with Gasteiger partial charge < -0.3 is 5.32 Å². The number of benzene rings is 1. The summed E-state index contributed by atoms with van der Waals surface area (Å²) in [5, 5.41) is 5.71. The predicted molar refractivity (Wildman–Crippen MR) is 82.1 cm³/mol. The van der Waals surface area contributed by atoms with E-state index < -0.39 is 5.82 Å². The van der Waals surface area contributed by atoms with E-state index >= 15 is 0 Å². The number of fused-ring (bicyclic) bond motifs is 1. The van der Waals surface area contributed by atoms with Crippen molar-refractivity contribution < 1.29 is 4.39 Å². The highest BCUT2D eigenvalue weighted by Gasteiger charge is 2.11. The molecule has 0 aliphatic rings. The van der Waals surface area contributed by atoms with Gasteiger partial charge in [-0.2, -0.15) is 4.98 Å². The average molecular weight is 349 g/mol. The molecule has 0 amide bonds. The van der Waals surface area contributed by atoms with Crippen molar-refractivity contribution in [1.29, 1.82) is 0 Å². The van der Waals surface area contributed by atoms with E-state index in [1.165, 1.54) is 23.5 Å². The summed E-state index contributed by atoms with van der Waals surface area (Å²) in [6.45, 7) is 0. The first-order valence-corrected chi connectivity index (χ1v) is 7.38. The van der Waals surface area contributed by atoms with Crippen LogP contribution in [0.3, 0.4) is 0 Å². The maximum atomic E-state index is 13.4. The van der Waals surface area contributed by atoms with Gasteiger partial charge in [-0.05, 0) is 35.2 Å². The van der Waals surface area contributed by atoms with Crippen LogP contribution >= 0.6 is 46.1 Å². The van der Waals surface area contributed by atoms with Gasteiger partial charge >= 0.3 is 0 Å². The van der Waals surface area contributed by atoms with Crippen LogP contribution in [0.2, 0.25) is 15.3 Å². The van der Waals surface area contributed by atoms with Crippen molar-refractivity contribution in [2.75, 3.05) is 5.32 Å². The maximum absolute atomic E-state index is 13.4. The smallest absolute Gasteiger partial charge is 0.225 e. The highest BCUT2D eigenvalue weighted by Crippen LogP contribution is 2.32. The molecule has 0 spiro atoms. The molecule has 0 aliphatic heterocycles. The Morgan fingerprint density at radius 2 is 1.80 bits per heavy atom. The minimum Gasteiger partial charge on any atom is -0.339 e.